The number of nitrogens with one attached hydrogen (secondary N) is 1. The molecule has 6 heteroatoms. The van der Waals surface area contributed by atoms with Gasteiger partial charge in [0.25, 0.3) is 0 Å². The van der Waals surface area contributed by atoms with Crippen LogP contribution in [0, 0.1) is 5.92 Å². The standard InChI is InChI=1S/C9H19N3O3/c1-3-5(2)7(10)9(15)12-6(4-13)8(11)14/h5-7,13H,3-4,10H2,1-2H3,(H2,11,14)(H,12,15)/t5-,6-,7-/m0/s1. The Morgan fingerprint density at radius 3 is 2.33 bits per heavy atom. The molecule has 0 saturated carbocycles. The Bertz CT molecular complexity index is 233. The predicted octanol–water partition coefficient (Wildman–Crippen LogP) is -1.68. The third-order valence-electron chi connectivity index (χ3n) is 2.40. The SMILES string of the molecule is CC[C@H](C)[C@H](N)C(=O)N[C@@H](CO)C(N)=O. The quantitative estimate of drug-likeness (QED) is 0.425. The molecule has 0 aliphatic rings. The van der Waals surface area contributed by atoms with E-state index in [4.69, 9.17) is 16.6 Å². The monoisotopic (exact) mass is 217 g/mol. The molecule has 3 atom stereocenters. The molecule has 0 heterocycles. The van der Waals surface area contributed by atoms with Crippen molar-refractivity contribution in [2.24, 2.45) is 17.4 Å². The number of carbonyl (C=O) groups is 2. The maximum atomic E-state index is 11.5. The fraction of sp³-hybridized carbons (Fsp3) is 0.778. The van der Waals surface area contributed by atoms with Crippen molar-refractivity contribution in [2.75, 3.05) is 6.61 Å². The molecule has 6 N–H and O–H groups in total. The zero-order chi connectivity index (χ0) is 12.0. The highest BCUT2D eigenvalue weighted by molar-refractivity contribution is 5.89. The summed E-state index contributed by atoms with van der Waals surface area (Å²) >= 11 is 0. The largest absolute Gasteiger partial charge is 0.394 e. The van der Waals surface area contributed by atoms with E-state index in [0.29, 0.717) is 0 Å². The van der Waals surface area contributed by atoms with Gasteiger partial charge in [-0.25, -0.2) is 0 Å². The van der Waals surface area contributed by atoms with Crippen molar-refractivity contribution in [1.82, 2.24) is 5.32 Å². The summed E-state index contributed by atoms with van der Waals surface area (Å²) in [5, 5.41) is 11.1. The third kappa shape index (κ3) is 4.26. The summed E-state index contributed by atoms with van der Waals surface area (Å²) in [6.07, 6.45) is 0.759. The number of nitrogens with two attached hydrogens (primary N) is 2. The molecule has 0 bridgehead atoms. The van der Waals surface area contributed by atoms with Crippen LogP contribution in [0.3, 0.4) is 0 Å². The lowest BCUT2D eigenvalue weighted by Gasteiger charge is -2.20. The average Bonchev–Trinajstić information content (AvgIpc) is 2.22. The smallest absolute Gasteiger partial charge is 0.242 e. The summed E-state index contributed by atoms with van der Waals surface area (Å²) in [6, 6.07) is -1.75. The van der Waals surface area contributed by atoms with Gasteiger partial charge in [0.1, 0.15) is 6.04 Å². The van der Waals surface area contributed by atoms with Crippen molar-refractivity contribution in [3.63, 3.8) is 0 Å². The molecule has 0 aliphatic heterocycles. The zero-order valence-electron chi connectivity index (χ0n) is 9.06. The van der Waals surface area contributed by atoms with Gasteiger partial charge in [0.05, 0.1) is 12.6 Å². The van der Waals surface area contributed by atoms with E-state index >= 15 is 0 Å². The van der Waals surface area contributed by atoms with Gasteiger partial charge in [0, 0.05) is 0 Å². The van der Waals surface area contributed by atoms with Gasteiger partial charge < -0.3 is 21.9 Å². The average molecular weight is 217 g/mol. The van der Waals surface area contributed by atoms with Crippen LogP contribution in [0.25, 0.3) is 0 Å². The van der Waals surface area contributed by atoms with E-state index in [0.717, 1.165) is 6.42 Å². The number of carbonyl (C=O) groups excluding carboxylic acids is 2. The summed E-state index contributed by atoms with van der Waals surface area (Å²) < 4.78 is 0. The Labute approximate surface area is 89.0 Å². The Morgan fingerprint density at radius 2 is 2.00 bits per heavy atom. The summed E-state index contributed by atoms with van der Waals surface area (Å²) in [5.74, 6) is -1.23. The summed E-state index contributed by atoms with van der Waals surface area (Å²) in [7, 11) is 0. The van der Waals surface area contributed by atoms with Crippen LogP contribution in [0.15, 0.2) is 0 Å². The van der Waals surface area contributed by atoms with E-state index < -0.39 is 30.5 Å². The molecule has 0 saturated heterocycles. The topological polar surface area (TPSA) is 118 Å². The first kappa shape index (κ1) is 13.9. The normalized spacial score (nSPS) is 16.5. The van der Waals surface area contributed by atoms with Gasteiger partial charge in [0.2, 0.25) is 11.8 Å². The van der Waals surface area contributed by atoms with E-state index in [9.17, 15) is 9.59 Å². The van der Waals surface area contributed by atoms with Gasteiger partial charge in [0.15, 0.2) is 0 Å². The molecule has 15 heavy (non-hydrogen) atoms. The van der Waals surface area contributed by atoms with Gasteiger partial charge in [-0.3, -0.25) is 9.59 Å². The third-order valence-corrected chi connectivity index (χ3v) is 2.40. The number of hydrogen-bond donors (Lipinski definition) is 4. The maximum Gasteiger partial charge on any atom is 0.242 e. The van der Waals surface area contributed by atoms with E-state index in [1.807, 2.05) is 13.8 Å². The van der Waals surface area contributed by atoms with Gasteiger partial charge in [-0.15, -0.1) is 0 Å². The van der Waals surface area contributed by atoms with E-state index in [1.165, 1.54) is 0 Å². The van der Waals surface area contributed by atoms with Crippen molar-refractivity contribution >= 4 is 11.8 Å². The number of amides is 2. The van der Waals surface area contributed by atoms with Crippen molar-refractivity contribution in [3.8, 4) is 0 Å². The summed E-state index contributed by atoms with van der Waals surface area (Å²) in [4.78, 5) is 22.2. The number of aliphatic hydroxyl groups excluding tert-OH is 1. The highest BCUT2D eigenvalue weighted by Gasteiger charge is 2.23. The van der Waals surface area contributed by atoms with Crippen LogP contribution in [0.5, 0.6) is 0 Å². The summed E-state index contributed by atoms with van der Waals surface area (Å²) in [6.45, 7) is 3.23. The van der Waals surface area contributed by atoms with Crippen LogP contribution >= 0.6 is 0 Å². The van der Waals surface area contributed by atoms with Gasteiger partial charge in [-0.05, 0) is 5.92 Å². The molecule has 0 radical (unpaired) electrons. The molecule has 88 valence electrons. The second-order valence-electron chi connectivity index (χ2n) is 3.56. The molecule has 0 fully saturated rings. The second-order valence-corrected chi connectivity index (χ2v) is 3.56. The minimum atomic E-state index is -1.06. The molecule has 0 aromatic rings. The van der Waals surface area contributed by atoms with E-state index in [2.05, 4.69) is 5.32 Å². The van der Waals surface area contributed by atoms with Crippen molar-refractivity contribution in [1.29, 1.82) is 0 Å². The van der Waals surface area contributed by atoms with Crippen molar-refractivity contribution in [2.45, 2.75) is 32.4 Å². The fourth-order valence-electron chi connectivity index (χ4n) is 0.987. The second kappa shape index (κ2) is 6.36. The lowest BCUT2D eigenvalue weighted by molar-refractivity contribution is -0.129. The van der Waals surface area contributed by atoms with Crippen LogP contribution in [0.4, 0.5) is 0 Å². The Kier molecular flexibility index (Phi) is 5.88. The van der Waals surface area contributed by atoms with Crippen LogP contribution in [0.2, 0.25) is 0 Å². The molecular weight excluding hydrogens is 198 g/mol. The molecule has 0 spiro atoms. The van der Waals surface area contributed by atoms with Crippen LogP contribution in [-0.2, 0) is 9.59 Å². The number of aliphatic hydroxyl groups is 1. The molecule has 0 aliphatic carbocycles. The molecular formula is C9H19N3O3. The first-order valence-electron chi connectivity index (χ1n) is 4.90. The minimum absolute atomic E-state index is 0.0113. The van der Waals surface area contributed by atoms with E-state index in [1.54, 1.807) is 0 Å². The number of hydrogen-bond acceptors (Lipinski definition) is 4. The Morgan fingerprint density at radius 1 is 1.47 bits per heavy atom. The van der Waals surface area contributed by atoms with Gasteiger partial charge in [-0.2, -0.15) is 0 Å². The highest BCUT2D eigenvalue weighted by Crippen LogP contribution is 2.05. The fourth-order valence-corrected chi connectivity index (χ4v) is 0.987. The molecule has 0 rings (SSSR count). The van der Waals surface area contributed by atoms with Crippen LogP contribution in [-0.4, -0.2) is 35.6 Å². The summed E-state index contributed by atoms with van der Waals surface area (Å²) in [5.41, 5.74) is 10.6. The minimum Gasteiger partial charge on any atom is -0.394 e. The molecule has 2 amide bonds. The van der Waals surface area contributed by atoms with Crippen molar-refractivity contribution in [3.05, 3.63) is 0 Å². The first-order valence-corrected chi connectivity index (χ1v) is 4.90. The van der Waals surface area contributed by atoms with Crippen LogP contribution in [0.1, 0.15) is 20.3 Å². The number of primary amides is 1. The molecule has 0 aromatic heterocycles. The zero-order valence-corrected chi connectivity index (χ0v) is 9.06. The lowest BCUT2D eigenvalue weighted by Crippen LogP contribution is -2.53. The maximum absolute atomic E-state index is 11.5. The predicted molar refractivity (Wildman–Crippen MR) is 55.6 cm³/mol. The van der Waals surface area contributed by atoms with Gasteiger partial charge >= 0.3 is 0 Å². The van der Waals surface area contributed by atoms with Crippen LogP contribution < -0.4 is 16.8 Å². The lowest BCUT2D eigenvalue weighted by atomic mass is 9.99. The van der Waals surface area contributed by atoms with Gasteiger partial charge in [-0.1, -0.05) is 20.3 Å². The highest BCUT2D eigenvalue weighted by atomic mass is 16.3. The molecule has 0 aromatic carbocycles. The van der Waals surface area contributed by atoms with Crippen molar-refractivity contribution < 1.29 is 14.7 Å². The first-order chi connectivity index (χ1) is 6.93. The number of rotatable bonds is 6. The Hall–Kier alpha value is -1.14. The van der Waals surface area contributed by atoms with E-state index in [-0.39, 0.29) is 5.92 Å². The molecule has 6 nitrogen and oxygen atoms in total. The Balaban J connectivity index is 4.28. The molecule has 0 unspecified atom stereocenters.